The van der Waals surface area contributed by atoms with Gasteiger partial charge in [-0.05, 0) is 24.6 Å². The van der Waals surface area contributed by atoms with E-state index in [1.807, 2.05) is 31.2 Å². The number of carbonyl (C=O) groups is 1. The van der Waals surface area contributed by atoms with Gasteiger partial charge in [0.05, 0.1) is 25.4 Å². The summed E-state index contributed by atoms with van der Waals surface area (Å²) in [7, 11) is 0. The smallest absolute Gasteiger partial charge is 0.338 e. The number of hydrogen-bond acceptors (Lipinski definition) is 4. The predicted molar refractivity (Wildman–Crippen MR) is 68.5 cm³/mol. The molecule has 1 aromatic rings. The molecule has 0 bridgehead atoms. The molecule has 1 aromatic carbocycles. The lowest BCUT2D eigenvalue weighted by molar-refractivity contribution is 0.0342. The fourth-order valence-electron chi connectivity index (χ4n) is 1.98. The molecular formula is C14H19NO3. The van der Waals surface area contributed by atoms with Gasteiger partial charge in [0.1, 0.15) is 0 Å². The van der Waals surface area contributed by atoms with Crippen LogP contribution in [0.25, 0.3) is 0 Å². The van der Waals surface area contributed by atoms with Gasteiger partial charge < -0.3 is 9.47 Å². The van der Waals surface area contributed by atoms with E-state index in [1.165, 1.54) is 5.56 Å². The molecule has 2 rings (SSSR count). The van der Waals surface area contributed by atoms with Crippen LogP contribution in [0.15, 0.2) is 24.3 Å². The summed E-state index contributed by atoms with van der Waals surface area (Å²) < 4.78 is 10.3. The van der Waals surface area contributed by atoms with E-state index in [1.54, 1.807) is 0 Å². The Morgan fingerprint density at radius 3 is 2.56 bits per heavy atom. The number of ether oxygens (including phenoxy) is 2. The van der Waals surface area contributed by atoms with Gasteiger partial charge in [-0.1, -0.05) is 12.1 Å². The number of carbonyl (C=O) groups excluding carboxylic acids is 1. The molecule has 0 radical (unpaired) electrons. The van der Waals surface area contributed by atoms with E-state index >= 15 is 0 Å². The van der Waals surface area contributed by atoms with Crippen LogP contribution in [-0.4, -0.2) is 43.8 Å². The van der Waals surface area contributed by atoms with Crippen LogP contribution in [0.3, 0.4) is 0 Å². The molecule has 0 amide bonds. The Balaban J connectivity index is 1.92. The van der Waals surface area contributed by atoms with E-state index in [0.717, 1.165) is 32.8 Å². The Bertz CT molecular complexity index is 383. The predicted octanol–water partition coefficient (Wildman–Crippen LogP) is 1.70. The highest BCUT2D eigenvalue weighted by atomic mass is 16.5. The SMILES string of the molecule is CCOC(=O)c1ccc(CN2CCOCC2)cc1. The maximum atomic E-state index is 11.5. The third-order valence-corrected chi connectivity index (χ3v) is 2.97. The van der Waals surface area contributed by atoms with E-state index in [0.29, 0.717) is 12.2 Å². The molecule has 0 atom stereocenters. The summed E-state index contributed by atoms with van der Waals surface area (Å²) in [6.45, 7) is 6.69. The third kappa shape index (κ3) is 3.55. The van der Waals surface area contributed by atoms with Crippen molar-refractivity contribution in [3.8, 4) is 0 Å². The van der Waals surface area contributed by atoms with Crippen LogP contribution in [0.4, 0.5) is 0 Å². The summed E-state index contributed by atoms with van der Waals surface area (Å²) in [4.78, 5) is 13.8. The van der Waals surface area contributed by atoms with Crippen molar-refractivity contribution >= 4 is 5.97 Å². The lowest BCUT2D eigenvalue weighted by Gasteiger charge is -2.26. The maximum Gasteiger partial charge on any atom is 0.338 e. The van der Waals surface area contributed by atoms with Crippen molar-refractivity contribution in [3.05, 3.63) is 35.4 Å². The van der Waals surface area contributed by atoms with E-state index in [9.17, 15) is 4.79 Å². The van der Waals surface area contributed by atoms with Gasteiger partial charge in [-0.2, -0.15) is 0 Å². The van der Waals surface area contributed by atoms with Crippen molar-refractivity contribution in [2.24, 2.45) is 0 Å². The molecule has 0 spiro atoms. The van der Waals surface area contributed by atoms with Gasteiger partial charge in [-0.25, -0.2) is 4.79 Å². The van der Waals surface area contributed by atoms with E-state index in [4.69, 9.17) is 9.47 Å². The van der Waals surface area contributed by atoms with E-state index in [-0.39, 0.29) is 5.97 Å². The normalized spacial score (nSPS) is 16.5. The molecule has 0 N–H and O–H groups in total. The molecule has 18 heavy (non-hydrogen) atoms. The second kappa shape index (κ2) is 6.52. The minimum atomic E-state index is -0.254. The van der Waals surface area contributed by atoms with Crippen LogP contribution < -0.4 is 0 Å². The number of hydrogen-bond donors (Lipinski definition) is 0. The zero-order valence-corrected chi connectivity index (χ0v) is 10.7. The Hall–Kier alpha value is -1.39. The lowest BCUT2D eigenvalue weighted by atomic mass is 10.1. The first-order chi connectivity index (χ1) is 8.79. The van der Waals surface area contributed by atoms with Crippen LogP contribution in [0, 0.1) is 0 Å². The minimum Gasteiger partial charge on any atom is -0.462 e. The minimum absolute atomic E-state index is 0.254. The largest absolute Gasteiger partial charge is 0.462 e. The summed E-state index contributed by atoms with van der Waals surface area (Å²) in [6.07, 6.45) is 0. The Morgan fingerprint density at radius 2 is 1.94 bits per heavy atom. The highest BCUT2D eigenvalue weighted by Crippen LogP contribution is 2.10. The van der Waals surface area contributed by atoms with Gasteiger partial charge in [0.2, 0.25) is 0 Å². The van der Waals surface area contributed by atoms with Crippen LogP contribution in [0.1, 0.15) is 22.8 Å². The number of benzene rings is 1. The van der Waals surface area contributed by atoms with Gasteiger partial charge in [-0.3, -0.25) is 4.90 Å². The van der Waals surface area contributed by atoms with Crippen molar-refractivity contribution in [3.63, 3.8) is 0 Å². The van der Waals surface area contributed by atoms with Gasteiger partial charge in [-0.15, -0.1) is 0 Å². The van der Waals surface area contributed by atoms with Crippen LogP contribution in [-0.2, 0) is 16.0 Å². The van der Waals surface area contributed by atoms with Crippen molar-refractivity contribution in [2.45, 2.75) is 13.5 Å². The monoisotopic (exact) mass is 249 g/mol. The molecule has 0 unspecified atom stereocenters. The van der Waals surface area contributed by atoms with Crippen LogP contribution in [0.5, 0.6) is 0 Å². The van der Waals surface area contributed by atoms with E-state index in [2.05, 4.69) is 4.90 Å². The zero-order chi connectivity index (χ0) is 12.8. The maximum absolute atomic E-state index is 11.5. The molecular weight excluding hydrogens is 230 g/mol. The fraction of sp³-hybridized carbons (Fsp3) is 0.500. The quantitative estimate of drug-likeness (QED) is 0.761. The van der Waals surface area contributed by atoms with Crippen molar-refractivity contribution in [2.75, 3.05) is 32.9 Å². The van der Waals surface area contributed by atoms with Gasteiger partial charge in [0.15, 0.2) is 0 Å². The number of nitrogens with zero attached hydrogens (tertiary/aromatic N) is 1. The van der Waals surface area contributed by atoms with Gasteiger partial charge >= 0.3 is 5.97 Å². The average Bonchev–Trinajstić information content (AvgIpc) is 2.41. The first kappa shape index (κ1) is 13.1. The summed E-state index contributed by atoms with van der Waals surface area (Å²) in [5.41, 5.74) is 1.83. The summed E-state index contributed by atoms with van der Waals surface area (Å²) in [5, 5.41) is 0. The summed E-state index contributed by atoms with van der Waals surface area (Å²) >= 11 is 0. The Kier molecular flexibility index (Phi) is 4.73. The molecule has 4 nitrogen and oxygen atoms in total. The first-order valence-corrected chi connectivity index (χ1v) is 6.35. The highest BCUT2D eigenvalue weighted by molar-refractivity contribution is 5.89. The second-order valence-corrected chi connectivity index (χ2v) is 4.31. The second-order valence-electron chi connectivity index (χ2n) is 4.31. The Labute approximate surface area is 107 Å². The van der Waals surface area contributed by atoms with E-state index < -0.39 is 0 Å². The first-order valence-electron chi connectivity index (χ1n) is 6.35. The molecule has 1 fully saturated rings. The molecule has 0 saturated carbocycles. The molecule has 1 saturated heterocycles. The average molecular weight is 249 g/mol. The molecule has 98 valence electrons. The number of morpholine rings is 1. The topological polar surface area (TPSA) is 38.8 Å². The lowest BCUT2D eigenvalue weighted by Crippen LogP contribution is -2.35. The van der Waals surface area contributed by atoms with Crippen molar-refractivity contribution < 1.29 is 14.3 Å². The number of esters is 1. The molecule has 1 aliphatic heterocycles. The Morgan fingerprint density at radius 1 is 1.28 bits per heavy atom. The molecule has 0 aromatic heterocycles. The summed E-state index contributed by atoms with van der Waals surface area (Å²) in [5.74, 6) is -0.254. The van der Waals surface area contributed by atoms with Crippen molar-refractivity contribution in [1.82, 2.24) is 4.90 Å². The summed E-state index contributed by atoms with van der Waals surface area (Å²) in [6, 6.07) is 7.63. The van der Waals surface area contributed by atoms with Crippen LogP contribution in [0.2, 0.25) is 0 Å². The van der Waals surface area contributed by atoms with Crippen molar-refractivity contribution in [1.29, 1.82) is 0 Å². The molecule has 1 aliphatic rings. The standard InChI is InChI=1S/C14H19NO3/c1-2-18-14(16)13-5-3-12(4-6-13)11-15-7-9-17-10-8-15/h3-6H,2,7-11H2,1H3. The molecule has 4 heteroatoms. The zero-order valence-electron chi connectivity index (χ0n) is 10.7. The van der Waals surface area contributed by atoms with Gasteiger partial charge in [0.25, 0.3) is 0 Å². The number of rotatable bonds is 4. The van der Waals surface area contributed by atoms with Gasteiger partial charge in [0, 0.05) is 19.6 Å². The molecule has 1 heterocycles. The highest BCUT2D eigenvalue weighted by Gasteiger charge is 2.11. The fourth-order valence-corrected chi connectivity index (χ4v) is 1.98. The third-order valence-electron chi connectivity index (χ3n) is 2.97. The molecule has 0 aliphatic carbocycles. The van der Waals surface area contributed by atoms with Crippen LogP contribution >= 0.6 is 0 Å².